The van der Waals surface area contributed by atoms with Crippen molar-refractivity contribution in [2.24, 2.45) is 4.99 Å². The molecule has 1 atom stereocenters. The summed E-state index contributed by atoms with van der Waals surface area (Å²) >= 11 is 6.15. The topological polar surface area (TPSA) is 123 Å². The molecule has 38 heavy (non-hydrogen) atoms. The molecule has 0 aliphatic carbocycles. The van der Waals surface area contributed by atoms with Gasteiger partial charge in [-0.25, -0.2) is 9.97 Å². The number of dihydropyridines is 1. The average Bonchev–Trinajstić information content (AvgIpc) is 2.88. The number of alkyl halides is 3. The van der Waals surface area contributed by atoms with Gasteiger partial charge in [-0.1, -0.05) is 29.8 Å². The van der Waals surface area contributed by atoms with Crippen LogP contribution in [0.2, 0.25) is 5.02 Å². The number of carbonyl (C=O) groups excluding carboxylic acids is 1. The van der Waals surface area contributed by atoms with E-state index in [4.69, 9.17) is 17.0 Å². The molecule has 1 amide bonds. The zero-order valence-corrected chi connectivity index (χ0v) is 20.5. The maximum Gasteiger partial charge on any atom is 0.417 e. The minimum atomic E-state index is -4.78. The first-order valence-electron chi connectivity index (χ1n) is 11.1. The lowest BCUT2D eigenvalue weighted by atomic mass is 10.0. The third kappa shape index (κ3) is 5.96. The molecule has 1 aliphatic heterocycles. The second-order valence-electron chi connectivity index (χ2n) is 8.11. The van der Waals surface area contributed by atoms with E-state index in [1.165, 1.54) is 37.7 Å². The van der Waals surface area contributed by atoms with Crippen LogP contribution >= 0.6 is 11.6 Å². The Kier molecular flexibility index (Phi) is 7.70. The molecule has 1 unspecified atom stereocenters. The van der Waals surface area contributed by atoms with Crippen molar-refractivity contribution in [3.05, 3.63) is 100 Å². The van der Waals surface area contributed by atoms with Gasteiger partial charge in [-0.3, -0.25) is 15.2 Å². The molecule has 0 spiro atoms. The van der Waals surface area contributed by atoms with Crippen LogP contribution in [-0.4, -0.2) is 39.0 Å². The number of aliphatic hydroxyl groups excluding tert-OH is 1. The fraction of sp³-hybridized carbons (Fsp3) is 0.115. The van der Waals surface area contributed by atoms with Gasteiger partial charge in [0, 0.05) is 35.4 Å². The van der Waals surface area contributed by atoms with Crippen molar-refractivity contribution in [1.82, 2.24) is 15.3 Å². The smallest absolute Gasteiger partial charge is 0.389 e. The van der Waals surface area contributed by atoms with Crippen molar-refractivity contribution in [1.29, 1.82) is 5.41 Å². The number of aliphatic hydroxyl groups is 1. The minimum Gasteiger partial charge on any atom is -0.389 e. The number of hydrogen-bond acceptors (Lipinski definition) is 7. The standard InChI is InChI=1S/C26H20ClF3N6O2/c1-14(37)15-10-21(31)22(34-13-15)24(35-16-6-3-2-4-7-16)36-25(38)18-11-17(23-32-8-5-9-33-23)19(12-20(18)27)26(28,29)30/h2-14,31,35,37H,1H3,(H,36,38)/b24-22-,31-21?. The number of para-hydroxylation sites is 1. The van der Waals surface area contributed by atoms with Gasteiger partial charge in [0.25, 0.3) is 5.91 Å². The largest absolute Gasteiger partial charge is 0.417 e. The highest BCUT2D eigenvalue weighted by molar-refractivity contribution is 6.34. The van der Waals surface area contributed by atoms with Crippen LogP contribution in [0.3, 0.4) is 0 Å². The number of allylic oxidation sites excluding steroid dienone is 1. The summed E-state index contributed by atoms with van der Waals surface area (Å²) in [6.45, 7) is 1.52. The van der Waals surface area contributed by atoms with Gasteiger partial charge in [0.1, 0.15) is 11.5 Å². The van der Waals surface area contributed by atoms with Crippen molar-refractivity contribution in [2.45, 2.75) is 19.2 Å². The Balaban J connectivity index is 1.77. The molecule has 0 bridgehead atoms. The molecule has 12 heteroatoms. The maximum absolute atomic E-state index is 13.8. The summed E-state index contributed by atoms with van der Waals surface area (Å²) in [5, 5.41) is 23.3. The molecular weight excluding hydrogens is 521 g/mol. The van der Waals surface area contributed by atoms with Gasteiger partial charge in [0.15, 0.2) is 5.82 Å². The van der Waals surface area contributed by atoms with Gasteiger partial charge < -0.3 is 15.7 Å². The molecule has 4 N–H and O–H groups in total. The molecule has 0 fully saturated rings. The molecule has 3 aromatic rings. The van der Waals surface area contributed by atoms with Crippen molar-refractivity contribution < 1.29 is 23.1 Å². The number of benzene rings is 2. The van der Waals surface area contributed by atoms with Gasteiger partial charge in [0.2, 0.25) is 0 Å². The molecule has 194 valence electrons. The van der Waals surface area contributed by atoms with E-state index < -0.39 is 34.3 Å². The minimum absolute atomic E-state index is 0.0168. The number of rotatable bonds is 6. The predicted molar refractivity (Wildman–Crippen MR) is 138 cm³/mol. The summed E-state index contributed by atoms with van der Waals surface area (Å²) < 4.78 is 41.3. The Morgan fingerprint density at radius 3 is 2.39 bits per heavy atom. The monoisotopic (exact) mass is 540 g/mol. The molecule has 4 rings (SSSR count). The first-order valence-corrected chi connectivity index (χ1v) is 11.5. The van der Waals surface area contributed by atoms with E-state index >= 15 is 0 Å². The van der Waals surface area contributed by atoms with Gasteiger partial charge in [-0.05, 0) is 43.3 Å². The molecule has 0 saturated carbocycles. The van der Waals surface area contributed by atoms with E-state index in [-0.39, 0.29) is 28.6 Å². The van der Waals surface area contributed by atoms with Crippen LogP contribution in [0.4, 0.5) is 18.9 Å². The fourth-order valence-electron chi connectivity index (χ4n) is 3.51. The zero-order valence-electron chi connectivity index (χ0n) is 19.7. The number of carbonyl (C=O) groups is 1. The van der Waals surface area contributed by atoms with Crippen molar-refractivity contribution in [3.8, 4) is 11.4 Å². The van der Waals surface area contributed by atoms with Crippen molar-refractivity contribution >= 4 is 35.1 Å². The van der Waals surface area contributed by atoms with Gasteiger partial charge in [-0.15, -0.1) is 0 Å². The number of aromatic nitrogens is 2. The Morgan fingerprint density at radius 2 is 1.79 bits per heavy atom. The van der Waals surface area contributed by atoms with Crippen LogP contribution in [0.25, 0.3) is 11.4 Å². The Bertz CT molecular complexity index is 1470. The first-order chi connectivity index (χ1) is 18.0. The van der Waals surface area contributed by atoms with E-state index in [2.05, 4.69) is 25.6 Å². The van der Waals surface area contributed by atoms with Crippen molar-refractivity contribution in [3.63, 3.8) is 0 Å². The molecule has 0 radical (unpaired) electrons. The third-order valence-corrected chi connectivity index (χ3v) is 5.69. The van der Waals surface area contributed by atoms with Gasteiger partial charge in [0.05, 0.1) is 28.0 Å². The van der Waals surface area contributed by atoms with Crippen molar-refractivity contribution in [2.75, 3.05) is 5.32 Å². The molecule has 2 heterocycles. The molecule has 0 saturated heterocycles. The zero-order chi connectivity index (χ0) is 27.4. The summed E-state index contributed by atoms with van der Waals surface area (Å²) in [7, 11) is 0. The van der Waals surface area contributed by atoms with Gasteiger partial charge >= 0.3 is 6.18 Å². The molecule has 2 aromatic carbocycles. The Labute approximate surface area is 220 Å². The summed E-state index contributed by atoms with van der Waals surface area (Å²) in [6.07, 6.45) is -0.343. The quantitative estimate of drug-likeness (QED) is 0.340. The SMILES string of the molecule is CC(O)C1=CC(=N)/C(=C(/NC(=O)c2cc(-c3ncccn3)c(C(F)(F)F)cc2Cl)Nc2ccccc2)N=C1. The van der Waals surface area contributed by atoms with Crippen LogP contribution in [0, 0.1) is 5.41 Å². The second kappa shape index (κ2) is 11.0. The fourth-order valence-corrected chi connectivity index (χ4v) is 3.76. The summed E-state index contributed by atoms with van der Waals surface area (Å²) in [6, 6.07) is 11.7. The second-order valence-corrected chi connectivity index (χ2v) is 8.52. The lowest BCUT2D eigenvalue weighted by Crippen LogP contribution is -2.30. The summed E-state index contributed by atoms with van der Waals surface area (Å²) in [4.78, 5) is 25.4. The number of nitrogens with zero attached hydrogens (tertiary/aromatic N) is 3. The highest BCUT2D eigenvalue weighted by Gasteiger charge is 2.36. The lowest BCUT2D eigenvalue weighted by molar-refractivity contribution is -0.137. The number of aliphatic imine (C=N–C) groups is 1. The number of halogens is 4. The first kappa shape index (κ1) is 26.7. The molecule has 1 aliphatic rings. The van der Waals surface area contributed by atoms with E-state index in [0.717, 1.165) is 6.07 Å². The average molecular weight is 541 g/mol. The Morgan fingerprint density at radius 1 is 1.11 bits per heavy atom. The normalized spacial score (nSPS) is 15.5. The predicted octanol–water partition coefficient (Wildman–Crippen LogP) is 5.24. The molecule has 8 nitrogen and oxygen atoms in total. The van der Waals surface area contributed by atoms with E-state index in [9.17, 15) is 23.1 Å². The molecule has 1 aromatic heterocycles. The highest BCUT2D eigenvalue weighted by atomic mass is 35.5. The Hall–Kier alpha value is -4.35. The van der Waals surface area contributed by atoms with Crippen LogP contribution < -0.4 is 10.6 Å². The van der Waals surface area contributed by atoms with Crippen LogP contribution in [0.5, 0.6) is 0 Å². The number of amides is 1. The third-order valence-electron chi connectivity index (χ3n) is 5.37. The lowest BCUT2D eigenvalue weighted by Gasteiger charge is -2.20. The van der Waals surface area contributed by atoms with Gasteiger partial charge in [-0.2, -0.15) is 13.2 Å². The van der Waals surface area contributed by atoms with Crippen LogP contribution in [0.1, 0.15) is 22.8 Å². The number of anilines is 1. The molecular formula is C26H20ClF3N6O2. The summed E-state index contributed by atoms with van der Waals surface area (Å²) in [5.74, 6) is -1.11. The maximum atomic E-state index is 13.8. The van der Waals surface area contributed by atoms with Crippen LogP contribution in [0.15, 0.2) is 89.1 Å². The number of nitrogens with one attached hydrogen (secondary N) is 3. The van der Waals surface area contributed by atoms with Crippen LogP contribution in [-0.2, 0) is 6.18 Å². The summed E-state index contributed by atoms with van der Waals surface area (Å²) in [5.41, 5.74) is -0.948. The number of hydrogen-bond donors (Lipinski definition) is 4. The van der Waals surface area contributed by atoms with E-state index in [1.54, 1.807) is 30.3 Å². The highest BCUT2D eigenvalue weighted by Crippen LogP contribution is 2.39. The van der Waals surface area contributed by atoms with E-state index in [0.29, 0.717) is 17.3 Å². The van der Waals surface area contributed by atoms with E-state index in [1.807, 2.05) is 0 Å².